The van der Waals surface area contributed by atoms with Gasteiger partial charge in [-0.25, -0.2) is 4.79 Å². The maximum absolute atomic E-state index is 11.4. The van der Waals surface area contributed by atoms with Crippen LogP contribution < -0.4 is 15.4 Å². The molecule has 0 bridgehead atoms. The summed E-state index contributed by atoms with van der Waals surface area (Å²) < 4.78 is 5.77. The van der Waals surface area contributed by atoms with Gasteiger partial charge in [-0.15, -0.1) is 0 Å². The number of urea groups is 1. The van der Waals surface area contributed by atoms with Crippen molar-refractivity contribution in [3.63, 3.8) is 0 Å². The molecule has 0 saturated heterocycles. The van der Waals surface area contributed by atoms with E-state index < -0.39 is 0 Å². The number of carbonyl (C=O) groups is 2. The Hall–Kier alpha value is -2.89. The molecule has 0 spiro atoms. The first-order valence-electron chi connectivity index (χ1n) is 6.44. The van der Waals surface area contributed by atoms with E-state index in [4.69, 9.17) is 4.74 Å². The van der Waals surface area contributed by atoms with Crippen molar-refractivity contribution in [1.82, 2.24) is 10.6 Å². The topological polar surface area (TPSA) is 79.8 Å². The van der Waals surface area contributed by atoms with E-state index in [-0.39, 0.29) is 18.0 Å². The van der Waals surface area contributed by atoms with Crippen molar-refractivity contribution < 1.29 is 14.3 Å². The Bertz CT molecular complexity index is 687. The van der Waals surface area contributed by atoms with Crippen molar-refractivity contribution >= 4 is 17.6 Å². The molecule has 21 heavy (non-hydrogen) atoms. The summed E-state index contributed by atoms with van der Waals surface area (Å²) in [5.41, 5.74) is 1.85. The third-order valence-electron chi connectivity index (χ3n) is 3.13. The van der Waals surface area contributed by atoms with Crippen LogP contribution in [0.4, 0.5) is 4.79 Å². The molecule has 0 radical (unpaired) electrons. The Labute approximate surface area is 121 Å². The highest BCUT2D eigenvalue weighted by molar-refractivity contribution is 6.19. The number of fused-ring (bicyclic) bond motifs is 1. The molecule has 2 N–H and O–H groups in total. The first-order valence-corrected chi connectivity index (χ1v) is 6.44. The molecule has 0 saturated carbocycles. The van der Waals surface area contributed by atoms with Gasteiger partial charge >= 0.3 is 6.03 Å². The van der Waals surface area contributed by atoms with E-state index in [1.165, 1.54) is 0 Å². The third-order valence-corrected chi connectivity index (χ3v) is 3.13. The van der Waals surface area contributed by atoms with Crippen molar-refractivity contribution in [2.75, 3.05) is 7.05 Å². The fraction of sp³-hybridized carbons (Fsp3) is 0.133. The standard InChI is InChI=1S/C15H13N3O3/c1-16-14(19)9-2-4-10(5-3-9)21-11-6-7-12-13(8-11)18-15(20)17-12/h2-8,11H,1H3,(H,16,19)(H,18,20). The fourth-order valence-corrected chi connectivity index (χ4v) is 2.10. The highest BCUT2D eigenvalue weighted by Crippen LogP contribution is 2.19. The minimum absolute atomic E-state index is 0.143. The SMILES string of the molecule is CNC(=O)c1ccc(OC2C=CC3=NC(=O)NC3=C2)cc1. The lowest BCUT2D eigenvalue weighted by Crippen LogP contribution is -2.22. The van der Waals surface area contributed by atoms with Gasteiger partial charge in [-0.1, -0.05) is 0 Å². The highest BCUT2D eigenvalue weighted by atomic mass is 16.5. The number of nitrogens with zero attached hydrogens (tertiary/aromatic N) is 1. The number of ether oxygens (including phenoxy) is 1. The normalized spacial score (nSPS) is 19.3. The van der Waals surface area contributed by atoms with Crippen LogP contribution >= 0.6 is 0 Å². The summed E-state index contributed by atoms with van der Waals surface area (Å²) >= 11 is 0. The van der Waals surface area contributed by atoms with Gasteiger partial charge in [-0.2, -0.15) is 4.99 Å². The second kappa shape index (κ2) is 5.24. The summed E-state index contributed by atoms with van der Waals surface area (Å²) in [6.07, 6.45) is 5.06. The summed E-state index contributed by atoms with van der Waals surface area (Å²) in [6.45, 7) is 0. The van der Waals surface area contributed by atoms with Gasteiger partial charge in [-0.05, 0) is 42.5 Å². The zero-order valence-electron chi connectivity index (χ0n) is 11.3. The Morgan fingerprint density at radius 3 is 2.81 bits per heavy atom. The lowest BCUT2D eigenvalue weighted by Gasteiger charge is -2.16. The van der Waals surface area contributed by atoms with Crippen LogP contribution in [0.2, 0.25) is 0 Å². The molecule has 1 aromatic rings. The van der Waals surface area contributed by atoms with E-state index in [1.807, 2.05) is 6.08 Å². The Balaban J connectivity index is 1.71. The molecule has 6 heteroatoms. The molecule has 0 fully saturated rings. The van der Waals surface area contributed by atoms with Gasteiger partial charge in [0.05, 0.1) is 11.4 Å². The van der Waals surface area contributed by atoms with Gasteiger partial charge in [0.2, 0.25) is 0 Å². The molecule has 3 amide bonds. The quantitative estimate of drug-likeness (QED) is 0.880. The molecule has 1 aromatic carbocycles. The van der Waals surface area contributed by atoms with Crippen LogP contribution in [0.15, 0.2) is 53.2 Å². The highest BCUT2D eigenvalue weighted by Gasteiger charge is 2.22. The van der Waals surface area contributed by atoms with E-state index in [1.54, 1.807) is 43.5 Å². The van der Waals surface area contributed by atoms with Crippen LogP contribution in [0.1, 0.15) is 10.4 Å². The van der Waals surface area contributed by atoms with Gasteiger partial charge in [0.15, 0.2) is 0 Å². The molecule has 1 aliphatic heterocycles. The number of hydrogen-bond acceptors (Lipinski definition) is 3. The second-order valence-electron chi connectivity index (χ2n) is 4.55. The summed E-state index contributed by atoms with van der Waals surface area (Å²) in [5, 5.41) is 5.20. The average molecular weight is 283 g/mol. The molecule has 1 heterocycles. The van der Waals surface area contributed by atoms with E-state index in [2.05, 4.69) is 15.6 Å². The zero-order chi connectivity index (χ0) is 14.8. The van der Waals surface area contributed by atoms with Crippen molar-refractivity contribution in [3.8, 4) is 5.75 Å². The first kappa shape index (κ1) is 13.1. The van der Waals surface area contributed by atoms with Gasteiger partial charge in [0.1, 0.15) is 11.9 Å². The molecule has 6 nitrogen and oxygen atoms in total. The fourth-order valence-electron chi connectivity index (χ4n) is 2.10. The van der Waals surface area contributed by atoms with E-state index in [0.29, 0.717) is 22.7 Å². The summed E-state index contributed by atoms with van der Waals surface area (Å²) in [5.74, 6) is 0.495. The van der Waals surface area contributed by atoms with Crippen LogP contribution in [0.3, 0.4) is 0 Å². The molecule has 0 aromatic heterocycles. The molecule has 1 unspecified atom stereocenters. The van der Waals surface area contributed by atoms with Crippen LogP contribution in [-0.4, -0.2) is 30.8 Å². The number of carbonyl (C=O) groups excluding carboxylic acids is 2. The molecule has 106 valence electrons. The molecule has 2 aliphatic rings. The van der Waals surface area contributed by atoms with Crippen LogP contribution in [0, 0.1) is 0 Å². The van der Waals surface area contributed by atoms with Gasteiger partial charge in [0, 0.05) is 12.6 Å². The third kappa shape index (κ3) is 2.69. The Morgan fingerprint density at radius 2 is 2.10 bits per heavy atom. The summed E-state index contributed by atoms with van der Waals surface area (Å²) in [6, 6.07) is 6.48. The zero-order valence-corrected chi connectivity index (χ0v) is 11.3. The minimum Gasteiger partial charge on any atom is -0.482 e. The molecular weight excluding hydrogens is 270 g/mol. The maximum Gasteiger partial charge on any atom is 0.346 e. The number of aliphatic imine (C=N–C) groups is 1. The van der Waals surface area contributed by atoms with Crippen molar-refractivity contribution in [1.29, 1.82) is 0 Å². The number of benzene rings is 1. The van der Waals surface area contributed by atoms with Gasteiger partial charge in [0.25, 0.3) is 5.91 Å². The molecular formula is C15H13N3O3. The minimum atomic E-state index is -0.364. The Kier molecular flexibility index (Phi) is 3.27. The smallest absolute Gasteiger partial charge is 0.346 e. The molecule has 1 atom stereocenters. The first-order chi connectivity index (χ1) is 10.2. The van der Waals surface area contributed by atoms with Crippen molar-refractivity contribution in [2.45, 2.75) is 6.10 Å². The summed E-state index contributed by atoms with van der Waals surface area (Å²) in [7, 11) is 1.58. The second-order valence-corrected chi connectivity index (χ2v) is 4.55. The largest absolute Gasteiger partial charge is 0.482 e. The van der Waals surface area contributed by atoms with Crippen LogP contribution in [-0.2, 0) is 0 Å². The monoisotopic (exact) mass is 283 g/mol. The van der Waals surface area contributed by atoms with Gasteiger partial charge < -0.3 is 15.4 Å². The van der Waals surface area contributed by atoms with E-state index >= 15 is 0 Å². The number of rotatable bonds is 3. The van der Waals surface area contributed by atoms with Crippen molar-refractivity contribution in [3.05, 3.63) is 53.8 Å². The lowest BCUT2D eigenvalue weighted by molar-refractivity contribution is 0.0963. The predicted molar refractivity (Wildman–Crippen MR) is 77.4 cm³/mol. The number of allylic oxidation sites excluding steroid dienone is 1. The van der Waals surface area contributed by atoms with Gasteiger partial charge in [-0.3, -0.25) is 4.79 Å². The van der Waals surface area contributed by atoms with E-state index in [9.17, 15) is 9.59 Å². The molecule has 3 rings (SSSR count). The average Bonchev–Trinajstić information content (AvgIpc) is 2.86. The van der Waals surface area contributed by atoms with E-state index in [0.717, 1.165) is 0 Å². The number of nitrogens with one attached hydrogen (secondary N) is 2. The lowest BCUT2D eigenvalue weighted by atomic mass is 10.1. The van der Waals surface area contributed by atoms with Crippen LogP contribution in [0.25, 0.3) is 0 Å². The van der Waals surface area contributed by atoms with Crippen LogP contribution in [0.5, 0.6) is 5.75 Å². The Morgan fingerprint density at radius 1 is 1.33 bits per heavy atom. The molecule has 1 aliphatic carbocycles. The maximum atomic E-state index is 11.4. The predicted octanol–water partition coefficient (Wildman–Crippen LogP) is 1.41. The number of hydrogen-bond donors (Lipinski definition) is 2. The number of amides is 3. The summed E-state index contributed by atoms with van der Waals surface area (Å²) in [4.78, 5) is 26.4. The van der Waals surface area contributed by atoms with Crippen molar-refractivity contribution in [2.24, 2.45) is 4.99 Å².